The van der Waals surface area contributed by atoms with Gasteiger partial charge in [0, 0.05) is 5.57 Å². The normalized spacial score (nSPS) is 17.8. The molecule has 0 aromatic heterocycles. The highest BCUT2D eigenvalue weighted by Crippen LogP contribution is 2.37. The Morgan fingerprint density at radius 1 is 0.950 bits per heavy atom. The fourth-order valence-electron chi connectivity index (χ4n) is 2.48. The van der Waals surface area contributed by atoms with Crippen LogP contribution in [-0.4, -0.2) is 4.99 Å². The van der Waals surface area contributed by atoms with Crippen molar-refractivity contribution >= 4 is 22.8 Å². The first-order valence-electron chi connectivity index (χ1n) is 6.37. The molecule has 0 saturated carbocycles. The van der Waals surface area contributed by atoms with Crippen LogP contribution in [0.15, 0.2) is 66.2 Å². The third kappa shape index (κ3) is 2.11. The number of rotatable bonds is 2. The number of hydrogen-bond acceptors (Lipinski definition) is 2. The number of nitrogens with one attached hydrogen (secondary N) is 1. The minimum absolute atomic E-state index is 0.0549. The molecule has 3 rings (SSSR count). The smallest absolute Gasteiger partial charge is 0.118 e. The topological polar surface area (TPSA) is 35.8 Å². The molecule has 0 aliphatic carbocycles. The van der Waals surface area contributed by atoms with E-state index in [4.69, 9.17) is 12.2 Å². The molecule has 1 heterocycles. The summed E-state index contributed by atoms with van der Waals surface area (Å²) < 4.78 is 0. The zero-order chi connectivity index (χ0) is 13.9. The highest BCUT2D eigenvalue weighted by molar-refractivity contribution is 7.80. The average molecular weight is 276 g/mol. The summed E-state index contributed by atoms with van der Waals surface area (Å²) in [5, 5.41) is 12.7. The maximum Gasteiger partial charge on any atom is 0.118 e. The summed E-state index contributed by atoms with van der Waals surface area (Å²) in [5.41, 5.74) is 3.67. The van der Waals surface area contributed by atoms with E-state index in [1.54, 1.807) is 0 Å². The Bertz CT molecular complexity index is 712. The lowest BCUT2D eigenvalue weighted by Crippen LogP contribution is -2.20. The predicted octanol–water partition coefficient (Wildman–Crippen LogP) is 3.64. The van der Waals surface area contributed by atoms with Crippen LogP contribution >= 0.6 is 12.2 Å². The molecule has 2 aromatic rings. The Hall–Kier alpha value is -2.44. The summed E-state index contributed by atoms with van der Waals surface area (Å²) in [4.78, 5) is 0.528. The lowest BCUT2D eigenvalue weighted by atomic mass is 9.92. The molecule has 1 atom stereocenters. The summed E-state index contributed by atoms with van der Waals surface area (Å²) >= 11 is 5.30. The molecule has 0 spiro atoms. The van der Waals surface area contributed by atoms with Gasteiger partial charge in [-0.1, -0.05) is 72.9 Å². The van der Waals surface area contributed by atoms with Crippen LogP contribution in [0.2, 0.25) is 0 Å². The highest BCUT2D eigenvalue weighted by atomic mass is 32.1. The van der Waals surface area contributed by atoms with Crippen molar-refractivity contribution in [3.05, 3.63) is 77.4 Å². The van der Waals surface area contributed by atoms with Gasteiger partial charge in [-0.05, 0) is 11.1 Å². The second-order valence-electron chi connectivity index (χ2n) is 4.58. The second kappa shape index (κ2) is 5.28. The average Bonchev–Trinajstić information content (AvgIpc) is 2.85. The van der Waals surface area contributed by atoms with Crippen LogP contribution in [-0.2, 0) is 0 Å². The molecule has 96 valence electrons. The van der Waals surface area contributed by atoms with E-state index in [9.17, 15) is 5.26 Å². The Balaban J connectivity index is 2.16. The molecular formula is C17H12N2S. The van der Waals surface area contributed by atoms with Gasteiger partial charge in [-0.25, -0.2) is 0 Å². The fraction of sp³-hybridized carbons (Fsp3) is 0.0588. The standard InChI is InChI=1S/C17H12N2S/c18-11-14-15(12-7-3-1-4-8-12)16(19-17(14)20)13-9-5-2-6-10-13/h1-10,16H,(H,19,20). The van der Waals surface area contributed by atoms with Crippen molar-refractivity contribution < 1.29 is 0 Å². The van der Waals surface area contributed by atoms with Crippen molar-refractivity contribution in [3.8, 4) is 6.07 Å². The van der Waals surface area contributed by atoms with E-state index < -0.39 is 0 Å². The van der Waals surface area contributed by atoms with Crippen LogP contribution < -0.4 is 5.32 Å². The molecule has 0 saturated heterocycles. The summed E-state index contributed by atoms with van der Waals surface area (Å²) in [6, 6.07) is 22.2. The molecule has 1 N–H and O–H groups in total. The summed E-state index contributed by atoms with van der Waals surface area (Å²) in [6.07, 6.45) is 0. The number of hydrogen-bond donors (Lipinski definition) is 1. The van der Waals surface area contributed by atoms with Gasteiger partial charge in [0.2, 0.25) is 0 Å². The molecular weight excluding hydrogens is 264 g/mol. The number of benzene rings is 2. The van der Waals surface area contributed by atoms with E-state index in [0.717, 1.165) is 16.7 Å². The zero-order valence-corrected chi connectivity index (χ0v) is 11.5. The van der Waals surface area contributed by atoms with E-state index in [2.05, 4.69) is 11.4 Å². The van der Waals surface area contributed by atoms with Crippen LogP contribution in [0.25, 0.3) is 5.57 Å². The molecule has 2 nitrogen and oxygen atoms in total. The summed E-state index contributed by atoms with van der Waals surface area (Å²) in [6.45, 7) is 0. The van der Waals surface area contributed by atoms with E-state index in [-0.39, 0.29) is 6.04 Å². The monoisotopic (exact) mass is 276 g/mol. The lowest BCUT2D eigenvalue weighted by molar-refractivity contribution is 0.841. The first-order chi connectivity index (χ1) is 9.81. The molecule has 0 amide bonds. The minimum atomic E-state index is -0.0549. The maximum absolute atomic E-state index is 9.40. The lowest BCUT2D eigenvalue weighted by Gasteiger charge is -2.16. The summed E-state index contributed by atoms with van der Waals surface area (Å²) in [5.74, 6) is 0. The zero-order valence-electron chi connectivity index (χ0n) is 10.7. The van der Waals surface area contributed by atoms with Crippen LogP contribution in [0.3, 0.4) is 0 Å². The van der Waals surface area contributed by atoms with Gasteiger partial charge in [-0.3, -0.25) is 0 Å². The molecule has 0 radical (unpaired) electrons. The quantitative estimate of drug-likeness (QED) is 0.851. The summed E-state index contributed by atoms with van der Waals surface area (Å²) in [7, 11) is 0. The SMILES string of the molecule is N#CC1=C(c2ccccc2)C(c2ccccc2)NC1=S. The first-order valence-corrected chi connectivity index (χ1v) is 6.77. The second-order valence-corrected chi connectivity index (χ2v) is 4.99. The Morgan fingerprint density at radius 2 is 1.55 bits per heavy atom. The number of nitrogens with zero attached hydrogens (tertiary/aromatic N) is 1. The predicted molar refractivity (Wildman–Crippen MR) is 83.9 cm³/mol. The van der Waals surface area contributed by atoms with Crippen LogP contribution in [0.1, 0.15) is 17.2 Å². The van der Waals surface area contributed by atoms with E-state index in [1.807, 2.05) is 60.7 Å². The Kier molecular flexibility index (Phi) is 3.32. The van der Waals surface area contributed by atoms with Gasteiger partial charge in [0.1, 0.15) is 11.1 Å². The van der Waals surface area contributed by atoms with Gasteiger partial charge in [-0.15, -0.1) is 0 Å². The minimum Gasteiger partial charge on any atom is -0.364 e. The molecule has 1 unspecified atom stereocenters. The van der Waals surface area contributed by atoms with Gasteiger partial charge < -0.3 is 5.32 Å². The molecule has 0 bridgehead atoms. The van der Waals surface area contributed by atoms with Gasteiger partial charge in [0.25, 0.3) is 0 Å². The first kappa shape index (κ1) is 12.6. The molecule has 3 heteroatoms. The van der Waals surface area contributed by atoms with Crippen molar-refractivity contribution in [2.75, 3.05) is 0 Å². The largest absolute Gasteiger partial charge is 0.364 e. The van der Waals surface area contributed by atoms with Crippen molar-refractivity contribution in [1.29, 1.82) is 5.26 Å². The fourth-order valence-corrected chi connectivity index (χ4v) is 2.75. The van der Waals surface area contributed by atoms with Crippen molar-refractivity contribution in [3.63, 3.8) is 0 Å². The third-order valence-electron chi connectivity index (χ3n) is 3.39. The van der Waals surface area contributed by atoms with Crippen molar-refractivity contribution in [2.24, 2.45) is 0 Å². The third-order valence-corrected chi connectivity index (χ3v) is 3.71. The van der Waals surface area contributed by atoms with Crippen LogP contribution in [0.4, 0.5) is 0 Å². The van der Waals surface area contributed by atoms with Gasteiger partial charge in [0.15, 0.2) is 0 Å². The van der Waals surface area contributed by atoms with Crippen molar-refractivity contribution in [2.45, 2.75) is 6.04 Å². The number of thiocarbonyl (C=S) groups is 1. The van der Waals surface area contributed by atoms with E-state index in [0.29, 0.717) is 10.6 Å². The highest BCUT2D eigenvalue weighted by Gasteiger charge is 2.30. The Morgan fingerprint density at radius 3 is 2.15 bits per heavy atom. The van der Waals surface area contributed by atoms with Crippen LogP contribution in [0.5, 0.6) is 0 Å². The molecule has 20 heavy (non-hydrogen) atoms. The van der Waals surface area contributed by atoms with Gasteiger partial charge in [0.05, 0.1) is 11.6 Å². The van der Waals surface area contributed by atoms with Crippen molar-refractivity contribution in [1.82, 2.24) is 5.32 Å². The number of nitriles is 1. The molecule has 1 aliphatic rings. The van der Waals surface area contributed by atoms with Gasteiger partial charge in [-0.2, -0.15) is 5.26 Å². The Labute approximate surface area is 123 Å². The van der Waals surface area contributed by atoms with Crippen LogP contribution in [0, 0.1) is 11.3 Å². The van der Waals surface area contributed by atoms with Gasteiger partial charge >= 0.3 is 0 Å². The maximum atomic E-state index is 9.40. The van der Waals surface area contributed by atoms with E-state index in [1.165, 1.54) is 0 Å². The molecule has 0 fully saturated rings. The van der Waals surface area contributed by atoms with E-state index >= 15 is 0 Å². The molecule has 2 aromatic carbocycles. The molecule has 1 aliphatic heterocycles.